The number of esters is 1. The van der Waals surface area contributed by atoms with Crippen molar-refractivity contribution in [3.8, 4) is 0 Å². The Bertz CT molecular complexity index is 895. The van der Waals surface area contributed by atoms with Gasteiger partial charge in [-0.25, -0.2) is 4.57 Å². The molecule has 0 heterocycles. The van der Waals surface area contributed by atoms with Crippen molar-refractivity contribution in [2.24, 2.45) is 5.73 Å². The number of ether oxygens (including phenoxy) is 2. The summed E-state index contributed by atoms with van der Waals surface area (Å²) in [5.41, 5.74) is 5.35. The van der Waals surface area contributed by atoms with Gasteiger partial charge in [-0.1, -0.05) is 179 Å². The molecule has 3 N–H and O–H groups in total. The lowest BCUT2D eigenvalue weighted by Gasteiger charge is -2.19. The predicted octanol–water partition coefficient (Wildman–Crippen LogP) is 13.0. The Morgan fingerprint density at radius 3 is 1.52 bits per heavy atom. The van der Waals surface area contributed by atoms with E-state index in [4.69, 9.17) is 24.3 Å². The highest BCUT2D eigenvalue weighted by atomic mass is 31.2. The van der Waals surface area contributed by atoms with E-state index >= 15 is 0 Å². The first-order chi connectivity index (χ1) is 25.4. The number of phosphoric ester groups is 1. The Morgan fingerprint density at radius 2 is 1.04 bits per heavy atom. The lowest BCUT2D eigenvalue weighted by molar-refractivity contribution is -0.153. The fourth-order valence-corrected chi connectivity index (χ4v) is 6.73. The van der Waals surface area contributed by atoms with Gasteiger partial charge in [0.1, 0.15) is 6.61 Å². The van der Waals surface area contributed by atoms with E-state index in [9.17, 15) is 14.3 Å². The monoisotopic (exact) mass is 756 g/mol. The average molecular weight is 756 g/mol. The third-order valence-electron chi connectivity index (χ3n) is 9.14. The van der Waals surface area contributed by atoms with Gasteiger partial charge in [-0.15, -0.1) is 0 Å². The van der Waals surface area contributed by atoms with Gasteiger partial charge in [-0.2, -0.15) is 0 Å². The molecule has 0 saturated heterocycles. The predicted molar refractivity (Wildman–Crippen MR) is 219 cm³/mol. The molecule has 0 aliphatic rings. The minimum absolute atomic E-state index is 0.00350. The molecule has 0 amide bonds. The minimum atomic E-state index is -4.31. The molecule has 0 aromatic carbocycles. The van der Waals surface area contributed by atoms with E-state index in [0.717, 1.165) is 19.3 Å². The number of hydrogen-bond donors (Lipinski definition) is 2. The maximum Gasteiger partial charge on any atom is 0.472 e. The molecule has 9 heteroatoms. The summed E-state index contributed by atoms with van der Waals surface area (Å²) in [5.74, 6) is -0.409. The Hall–Kier alpha value is -1.44. The number of allylic oxidation sites excluding steroid dienone is 5. The molecule has 8 nitrogen and oxygen atoms in total. The summed E-state index contributed by atoms with van der Waals surface area (Å²) in [7, 11) is -4.31. The van der Waals surface area contributed by atoms with Crippen molar-refractivity contribution in [1.82, 2.24) is 0 Å². The van der Waals surface area contributed by atoms with E-state index < -0.39 is 19.9 Å². The average Bonchev–Trinajstić information content (AvgIpc) is 3.13. The van der Waals surface area contributed by atoms with Crippen molar-refractivity contribution in [3.05, 3.63) is 36.6 Å². The van der Waals surface area contributed by atoms with Gasteiger partial charge in [0.05, 0.1) is 19.5 Å². The normalized spacial score (nSPS) is 13.8. The number of carbonyl (C=O) groups excluding carboxylic acids is 1. The van der Waals surface area contributed by atoms with Crippen LogP contribution in [-0.4, -0.2) is 43.3 Å². The van der Waals surface area contributed by atoms with Gasteiger partial charge in [-0.05, 0) is 44.6 Å². The summed E-state index contributed by atoms with van der Waals surface area (Å²) >= 11 is 0. The fraction of sp³-hybridized carbons (Fsp3) is 0.837. The highest BCUT2D eigenvalue weighted by molar-refractivity contribution is 7.47. The Labute approximate surface area is 320 Å². The van der Waals surface area contributed by atoms with Gasteiger partial charge in [0, 0.05) is 13.0 Å². The largest absolute Gasteiger partial charge is 0.498 e. The maximum atomic E-state index is 12.5. The number of unbranched alkanes of at least 4 members (excludes halogenated alkanes) is 24. The van der Waals surface area contributed by atoms with Crippen molar-refractivity contribution in [2.45, 2.75) is 206 Å². The zero-order valence-electron chi connectivity index (χ0n) is 33.8. The summed E-state index contributed by atoms with van der Waals surface area (Å²) in [4.78, 5) is 22.4. The van der Waals surface area contributed by atoms with Crippen LogP contribution in [0, 0.1) is 0 Å². The summed E-state index contributed by atoms with van der Waals surface area (Å²) in [6.45, 7) is 4.17. The van der Waals surface area contributed by atoms with E-state index in [1.807, 2.05) is 12.2 Å². The number of phosphoric acid groups is 1. The molecule has 0 spiro atoms. The van der Waals surface area contributed by atoms with E-state index in [1.54, 1.807) is 6.26 Å². The molecule has 0 fully saturated rings. The van der Waals surface area contributed by atoms with Crippen LogP contribution >= 0.6 is 7.82 Å². The van der Waals surface area contributed by atoms with Crippen LogP contribution in [0.5, 0.6) is 0 Å². The Kier molecular flexibility index (Phi) is 39.6. The second kappa shape index (κ2) is 40.7. The highest BCUT2D eigenvalue weighted by Crippen LogP contribution is 2.43. The van der Waals surface area contributed by atoms with Crippen LogP contribution < -0.4 is 5.73 Å². The van der Waals surface area contributed by atoms with Gasteiger partial charge in [-0.3, -0.25) is 13.8 Å². The van der Waals surface area contributed by atoms with Gasteiger partial charge >= 0.3 is 13.8 Å². The topological polar surface area (TPSA) is 117 Å². The lowest BCUT2D eigenvalue weighted by Crippen LogP contribution is -2.27. The molecule has 0 bridgehead atoms. The SMILES string of the molecule is CCCCCCCCCCCCCC=CCC=COCC(COP(=O)(O)OCCN)OC(=O)CCC=CCCCCCCCCCCCCCCC. The standard InChI is InChI=1S/C43H82NO7P/c1-3-5-7-9-11-13-15-17-19-21-22-24-26-28-30-32-34-36-43(45)51-42(41-50-52(46,47)49-39-37-44)40-48-38-35-33-31-29-27-25-23-20-18-16-14-12-10-8-6-4-2/h29-32,35,38,42H,3-28,33-34,36-37,39-41,44H2,1-2H3,(H,46,47). The minimum Gasteiger partial charge on any atom is -0.498 e. The molecule has 0 radical (unpaired) electrons. The molecular formula is C43H82NO7P. The van der Waals surface area contributed by atoms with Crippen LogP contribution in [0.1, 0.15) is 200 Å². The van der Waals surface area contributed by atoms with E-state index in [2.05, 4.69) is 32.1 Å². The smallest absolute Gasteiger partial charge is 0.472 e. The van der Waals surface area contributed by atoms with E-state index in [0.29, 0.717) is 6.42 Å². The summed E-state index contributed by atoms with van der Waals surface area (Å²) in [6.07, 6.45) is 47.1. The molecule has 0 aliphatic carbocycles. The Balaban J connectivity index is 4.15. The molecule has 0 aromatic heterocycles. The molecule has 0 aromatic rings. The van der Waals surface area contributed by atoms with Crippen molar-refractivity contribution >= 4 is 13.8 Å². The zero-order valence-corrected chi connectivity index (χ0v) is 34.7. The molecular weight excluding hydrogens is 673 g/mol. The second-order valence-electron chi connectivity index (χ2n) is 14.3. The maximum absolute atomic E-state index is 12.5. The first-order valence-electron chi connectivity index (χ1n) is 21.5. The lowest BCUT2D eigenvalue weighted by atomic mass is 10.0. The first kappa shape index (κ1) is 50.6. The molecule has 0 rings (SSSR count). The van der Waals surface area contributed by atoms with Gasteiger partial charge in [0.25, 0.3) is 0 Å². The fourth-order valence-electron chi connectivity index (χ4n) is 5.97. The van der Waals surface area contributed by atoms with Gasteiger partial charge in [0.2, 0.25) is 0 Å². The highest BCUT2D eigenvalue weighted by Gasteiger charge is 2.25. The summed E-state index contributed by atoms with van der Waals surface area (Å²) in [5, 5.41) is 0. The summed E-state index contributed by atoms with van der Waals surface area (Å²) < 4.78 is 33.0. The molecule has 2 unspecified atom stereocenters. The number of rotatable bonds is 41. The number of carbonyl (C=O) groups is 1. The van der Waals surface area contributed by atoms with E-state index in [1.165, 1.54) is 154 Å². The quantitative estimate of drug-likeness (QED) is 0.0208. The van der Waals surface area contributed by atoms with Crippen LogP contribution in [0.3, 0.4) is 0 Å². The van der Waals surface area contributed by atoms with Crippen molar-refractivity contribution < 1.29 is 32.8 Å². The van der Waals surface area contributed by atoms with Crippen LogP contribution in [0.4, 0.5) is 0 Å². The first-order valence-corrected chi connectivity index (χ1v) is 23.0. The summed E-state index contributed by atoms with van der Waals surface area (Å²) in [6, 6.07) is 0. The van der Waals surface area contributed by atoms with Crippen LogP contribution in [0.25, 0.3) is 0 Å². The van der Waals surface area contributed by atoms with Crippen LogP contribution in [0.15, 0.2) is 36.6 Å². The van der Waals surface area contributed by atoms with Crippen molar-refractivity contribution in [2.75, 3.05) is 26.4 Å². The number of nitrogens with two attached hydrogens (primary N) is 1. The van der Waals surface area contributed by atoms with Crippen LogP contribution in [-0.2, 0) is 27.9 Å². The zero-order chi connectivity index (χ0) is 38.1. The van der Waals surface area contributed by atoms with Crippen molar-refractivity contribution in [3.63, 3.8) is 0 Å². The second-order valence-corrected chi connectivity index (χ2v) is 15.7. The van der Waals surface area contributed by atoms with Gasteiger partial charge < -0.3 is 20.1 Å². The Morgan fingerprint density at radius 1 is 0.596 bits per heavy atom. The van der Waals surface area contributed by atoms with E-state index in [-0.39, 0.29) is 32.8 Å². The van der Waals surface area contributed by atoms with Gasteiger partial charge in [0.15, 0.2) is 6.10 Å². The van der Waals surface area contributed by atoms with Crippen LogP contribution in [0.2, 0.25) is 0 Å². The third kappa shape index (κ3) is 39.8. The third-order valence-corrected chi connectivity index (χ3v) is 10.1. The van der Waals surface area contributed by atoms with Crippen molar-refractivity contribution in [1.29, 1.82) is 0 Å². The molecule has 306 valence electrons. The molecule has 2 atom stereocenters. The molecule has 0 saturated carbocycles. The number of hydrogen-bond acceptors (Lipinski definition) is 7. The molecule has 52 heavy (non-hydrogen) atoms. The molecule has 0 aliphatic heterocycles.